The monoisotopic (exact) mass is 110 g/mol. The Hall–Kier alpha value is 0. The molecule has 46 valence electrons. The molecule has 0 heterocycles. The molecule has 2 fully saturated rings. The van der Waals surface area contributed by atoms with Gasteiger partial charge in [0.2, 0.25) is 0 Å². The molecule has 0 N–H and O–H groups in total. The standard InChI is InChI=1S/C8H14/c1-3-6-7-5-8(6,7)4-2/h6-7H,3-5H2,1-2H3. The van der Waals surface area contributed by atoms with Crippen LogP contribution in [0.3, 0.4) is 0 Å². The molecule has 0 aromatic heterocycles. The van der Waals surface area contributed by atoms with E-state index in [0.717, 1.165) is 11.3 Å². The fourth-order valence-corrected chi connectivity index (χ4v) is 2.51. The molecular formula is C8H14. The van der Waals surface area contributed by atoms with Crippen LogP contribution in [-0.4, -0.2) is 0 Å². The third-order valence-corrected chi connectivity index (χ3v) is 3.39. The summed E-state index contributed by atoms with van der Waals surface area (Å²) in [7, 11) is 0. The van der Waals surface area contributed by atoms with Gasteiger partial charge in [-0.15, -0.1) is 0 Å². The molecule has 0 radical (unpaired) electrons. The summed E-state index contributed by atoms with van der Waals surface area (Å²) in [5.74, 6) is 2.35. The molecule has 2 aliphatic rings. The van der Waals surface area contributed by atoms with Crippen LogP contribution in [0.5, 0.6) is 0 Å². The molecule has 2 saturated carbocycles. The van der Waals surface area contributed by atoms with Gasteiger partial charge in [-0.25, -0.2) is 0 Å². The Kier molecular flexibility index (Phi) is 0.678. The zero-order valence-corrected chi connectivity index (χ0v) is 5.78. The van der Waals surface area contributed by atoms with Crippen molar-refractivity contribution in [1.82, 2.24) is 0 Å². The molecule has 3 atom stereocenters. The van der Waals surface area contributed by atoms with Gasteiger partial charge in [0, 0.05) is 0 Å². The van der Waals surface area contributed by atoms with Crippen LogP contribution < -0.4 is 0 Å². The van der Waals surface area contributed by atoms with E-state index < -0.39 is 0 Å². The average molecular weight is 110 g/mol. The second-order valence-electron chi connectivity index (χ2n) is 3.41. The smallest absolute Gasteiger partial charge is 0.0235 e. The fraction of sp³-hybridized carbons (Fsp3) is 1.00. The van der Waals surface area contributed by atoms with Crippen LogP contribution in [0.25, 0.3) is 0 Å². The van der Waals surface area contributed by atoms with E-state index >= 15 is 0 Å². The first kappa shape index (κ1) is 4.84. The maximum atomic E-state index is 2.34. The summed E-state index contributed by atoms with van der Waals surface area (Å²) in [5, 5.41) is 0. The number of hydrogen-bond donors (Lipinski definition) is 0. The summed E-state index contributed by atoms with van der Waals surface area (Å²) in [5.41, 5.74) is 0.925. The highest BCUT2D eigenvalue weighted by atomic mass is 14.8. The maximum Gasteiger partial charge on any atom is -0.0235 e. The van der Waals surface area contributed by atoms with Crippen molar-refractivity contribution in [3.8, 4) is 0 Å². The third-order valence-electron chi connectivity index (χ3n) is 3.39. The van der Waals surface area contributed by atoms with Gasteiger partial charge in [-0.05, 0) is 30.1 Å². The van der Waals surface area contributed by atoms with E-state index in [2.05, 4.69) is 13.8 Å². The van der Waals surface area contributed by atoms with Gasteiger partial charge in [0.05, 0.1) is 0 Å². The zero-order chi connectivity index (χ0) is 5.78. The SMILES string of the molecule is CCC1C2CC12CC. The van der Waals surface area contributed by atoms with Crippen LogP contribution in [0.1, 0.15) is 33.1 Å². The Morgan fingerprint density at radius 2 is 2.25 bits per heavy atom. The van der Waals surface area contributed by atoms with Crippen molar-refractivity contribution in [3.05, 3.63) is 0 Å². The fourth-order valence-electron chi connectivity index (χ4n) is 2.51. The minimum Gasteiger partial charge on any atom is -0.0651 e. The molecule has 0 amide bonds. The highest BCUT2D eigenvalue weighted by Gasteiger charge is 2.75. The van der Waals surface area contributed by atoms with Crippen molar-refractivity contribution in [3.63, 3.8) is 0 Å². The number of fused-ring (bicyclic) bond motifs is 1. The van der Waals surface area contributed by atoms with Gasteiger partial charge in [-0.3, -0.25) is 0 Å². The lowest BCUT2D eigenvalue weighted by Crippen LogP contribution is -1.94. The normalized spacial score (nSPS) is 57.8. The van der Waals surface area contributed by atoms with Crippen molar-refractivity contribution >= 4 is 0 Å². The largest absolute Gasteiger partial charge is 0.0651 e. The summed E-state index contributed by atoms with van der Waals surface area (Å²) in [6.45, 7) is 4.67. The van der Waals surface area contributed by atoms with Crippen LogP contribution in [0.15, 0.2) is 0 Å². The van der Waals surface area contributed by atoms with Gasteiger partial charge in [0.25, 0.3) is 0 Å². The van der Waals surface area contributed by atoms with Gasteiger partial charge >= 0.3 is 0 Å². The zero-order valence-electron chi connectivity index (χ0n) is 5.78. The molecule has 0 nitrogen and oxygen atoms in total. The Balaban J connectivity index is 1.97. The molecule has 3 unspecified atom stereocenters. The lowest BCUT2D eigenvalue weighted by Gasteiger charge is -2.04. The average Bonchev–Trinajstić information content (AvgIpc) is 2.51. The predicted molar refractivity (Wildman–Crippen MR) is 34.6 cm³/mol. The number of hydrogen-bond acceptors (Lipinski definition) is 0. The van der Waals surface area contributed by atoms with E-state index in [-0.39, 0.29) is 0 Å². The summed E-state index contributed by atoms with van der Waals surface area (Å²) >= 11 is 0. The molecule has 0 aromatic carbocycles. The highest BCUT2D eigenvalue weighted by Crippen LogP contribution is 2.82. The van der Waals surface area contributed by atoms with Gasteiger partial charge in [0.15, 0.2) is 0 Å². The summed E-state index contributed by atoms with van der Waals surface area (Å²) in [6, 6.07) is 0. The molecule has 2 rings (SSSR count). The van der Waals surface area contributed by atoms with Crippen molar-refractivity contribution in [2.24, 2.45) is 17.3 Å². The van der Waals surface area contributed by atoms with E-state index in [0.29, 0.717) is 0 Å². The lowest BCUT2D eigenvalue weighted by atomic mass is 10.0. The predicted octanol–water partition coefficient (Wildman–Crippen LogP) is 2.44. The van der Waals surface area contributed by atoms with E-state index in [1.807, 2.05) is 0 Å². The first-order valence-electron chi connectivity index (χ1n) is 3.85. The molecular weight excluding hydrogens is 96.1 g/mol. The quantitative estimate of drug-likeness (QED) is 0.512. The van der Waals surface area contributed by atoms with Crippen LogP contribution in [0.2, 0.25) is 0 Å². The van der Waals surface area contributed by atoms with Crippen molar-refractivity contribution in [1.29, 1.82) is 0 Å². The van der Waals surface area contributed by atoms with Crippen LogP contribution >= 0.6 is 0 Å². The molecule has 2 aliphatic carbocycles. The molecule has 0 aromatic rings. The van der Waals surface area contributed by atoms with E-state index in [1.54, 1.807) is 6.42 Å². The van der Waals surface area contributed by atoms with Crippen molar-refractivity contribution in [2.45, 2.75) is 33.1 Å². The summed E-state index contributed by atoms with van der Waals surface area (Å²) in [6.07, 6.45) is 4.47. The van der Waals surface area contributed by atoms with Crippen LogP contribution in [0.4, 0.5) is 0 Å². The van der Waals surface area contributed by atoms with Gasteiger partial charge < -0.3 is 0 Å². The number of rotatable bonds is 2. The van der Waals surface area contributed by atoms with Crippen molar-refractivity contribution in [2.75, 3.05) is 0 Å². The Bertz CT molecular complexity index is 117. The van der Waals surface area contributed by atoms with Crippen molar-refractivity contribution < 1.29 is 0 Å². The van der Waals surface area contributed by atoms with E-state index in [1.165, 1.54) is 18.8 Å². The summed E-state index contributed by atoms with van der Waals surface area (Å²) < 4.78 is 0. The second-order valence-corrected chi connectivity index (χ2v) is 3.41. The topological polar surface area (TPSA) is 0 Å². The Labute approximate surface area is 51.3 Å². The molecule has 0 heteroatoms. The van der Waals surface area contributed by atoms with E-state index in [4.69, 9.17) is 0 Å². The molecule has 0 aliphatic heterocycles. The molecule has 0 saturated heterocycles. The van der Waals surface area contributed by atoms with E-state index in [9.17, 15) is 0 Å². The maximum absolute atomic E-state index is 2.34. The second kappa shape index (κ2) is 1.12. The van der Waals surface area contributed by atoms with Gasteiger partial charge in [0.1, 0.15) is 0 Å². The minimum atomic E-state index is 0.925. The van der Waals surface area contributed by atoms with Gasteiger partial charge in [-0.1, -0.05) is 20.3 Å². The molecule has 0 bridgehead atoms. The lowest BCUT2D eigenvalue weighted by molar-refractivity contribution is 0.463. The van der Waals surface area contributed by atoms with Crippen LogP contribution in [0, 0.1) is 17.3 Å². The molecule has 8 heavy (non-hydrogen) atoms. The first-order valence-corrected chi connectivity index (χ1v) is 3.85. The third kappa shape index (κ3) is 0.310. The summed E-state index contributed by atoms with van der Waals surface area (Å²) in [4.78, 5) is 0. The highest BCUT2D eigenvalue weighted by molar-refractivity contribution is 5.23. The first-order chi connectivity index (χ1) is 3.85. The molecule has 0 spiro atoms. The Morgan fingerprint density at radius 1 is 1.50 bits per heavy atom. The van der Waals surface area contributed by atoms with Gasteiger partial charge in [-0.2, -0.15) is 0 Å². The van der Waals surface area contributed by atoms with Crippen LogP contribution in [-0.2, 0) is 0 Å². The minimum absolute atomic E-state index is 0.925. The Morgan fingerprint density at radius 3 is 2.38 bits per heavy atom.